The monoisotopic (exact) mass is 269 g/mol. The van der Waals surface area contributed by atoms with Crippen LogP contribution in [-0.4, -0.2) is 53.0 Å². The van der Waals surface area contributed by atoms with E-state index in [1.165, 1.54) is 18.2 Å². The highest BCUT2D eigenvalue weighted by molar-refractivity contribution is 5.83. The second-order valence-electron chi connectivity index (χ2n) is 4.24. The number of urea groups is 1. The first kappa shape index (κ1) is 13.3. The number of carboxylic acid groups (broad SMARTS) is 1. The second kappa shape index (κ2) is 5.70. The molecule has 0 bridgehead atoms. The van der Waals surface area contributed by atoms with Crippen LogP contribution in [0.1, 0.15) is 12.2 Å². The van der Waals surface area contributed by atoms with Gasteiger partial charge in [0.1, 0.15) is 6.04 Å². The summed E-state index contributed by atoms with van der Waals surface area (Å²) in [5, 5.41) is 15.2. The summed E-state index contributed by atoms with van der Waals surface area (Å²) in [6.45, 7) is 0.426. The van der Waals surface area contributed by atoms with Gasteiger partial charge in [-0.15, -0.1) is 0 Å². The first-order valence-electron chi connectivity index (χ1n) is 5.81. The topological polar surface area (TPSA) is 105 Å². The molecule has 0 aliphatic carbocycles. The van der Waals surface area contributed by atoms with Gasteiger partial charge in [0.05, 0.1) is 18.8 Å². The lowest BCUT2D eigenvalue weighted by molar-refractivity contribution is -0.141. The molecule has 0 spiro atoms. The lowest BCUT2D eigenvalue weighted by Crippen LogP contribution is -2.45. The molecule has 1 aromatic rings. The number of aromatic nitrogens is 1. The number of nitrogens with zero attached hydrogens (tertiary/aromatic N) is 2. The van der Waals surface area contributed by atoms with E-state index in [0.717, 1.165) is 0 Å². The van der Waals surface area contributed by atoms with Crippen LogP contribution in [0.15, 0.2) is 16.8 Å². The fourth-order valence-electron chi connectivity index (χ4n) is 2.02. The zero-order valence-electron chi connectivity index (χ0n) is 10.4. The Balaban J connectivity index is 1.94. The van der Waals surface area contributed by atoms with Gasteiger partial charge in [0.15, 0.2) is 5.76 Å². The summed E-state index contributed by atoms with van der Waals surface area (Å²) in [5.41, 5.74) is 0. The van der Waals surface area contributed by atoms with Crippen molar-refractivity contribution in [3.63, 3.8) is 0 Å². The van der Waals surface area contributed by atoms with Crippen LogP contribution in [0.25, 0.3) is 0 Å². The average molecular weight is 269 g/mol. The van der Waals surface area contributed by atoms with Crippen molar-refractivity contribution < 1.29 is 24.0 Å². The van der Waals surface area contributed by atoms with Crippen LogP contribution >= 0.6 is 0 Å². The van der Waals surface area contributed by atoms with Gasteiger partial charge in [-0.3, -0.25) is 0 Å². The van der Waals surface area contributed by atoms with E-state index in [9.17, 15) is 9.59 Å². The van der Waals surface area contributed by atoms with Gasteiger partial charge in [0, 0.05) is 26.1 Å². The first-order valence-corrected chi connectivity index (χ1v) is 5.81. The normalized spacial score (nSPS) is 22.5. The number of amides is 2. The smallest absolute Gasteiger partial charge is 0.326 e. The van der Waals surface area contributed by atoms with Crippen molar-refractivity contribution in [2.24, 2.45) is 0 Å². The van der Waals surface area contributed by atoms with Gasteiger partial charge in [0.2, 0.25) is 0 Å². The number of ether oxygens (including phenoxy) is 1. The largest absolute Gasteiger partial charge is 0.480 e. The molecule has 1 aromatic heterocycles. The molecule has 19 heavy (non-hydrogen) atoms. The van der Waals surface area contributed by atoms with Crippen LogP contribution in [0.4, 0.5) is 4.79 Å². The minimum absolute atomic E-state index is 0.166. The van der Waals surface area contributed by atoms with E-state index < -0.39 is 18.0 Å². The molecule has 2 amide bonds. The highest BCUT2D eigenvalue weighted by atomic mass is 16.5. The molecule has 0 radical (unpaired) electrons. The van der Waals surface area contributed by atoms with Crippen LogP contribution in [0.5, 0.6) is 0 Å². The summed E-state index contributed by atoms with van der Waals surface area (Å²) in [5.74, 6) is -0.530. The molecule has 2 heterocycles. The fourth-order valence-corrected chi connectivity index (χ4v) is 2.02. The highest BCUT2D eigenvalue weighted by Gasteiger charge is 2.39. The molecule has 0 saturated carbocycles. The zero-order valence-corrected chi connectivity index (χ0v) is 10.4. The number of likely N-dealkylation sites (tertiary alicyclic amines) is 1. The Bertz CT molecular complexity index is 447. The van der Waals surface area contributed by atoms with E-state index in [1.54, 1.807) is 6.07 Å². The third-order valence-electron chi connectivity index (χ3n) is 3.05. The van der Waals surface area contributed by atoms with E-state index in [4.69, 9.17) is 14.4 Å². The average Bonchev–Trinajstić information content (AvgIpc) is 3.04. The Morgan fingerprint density at radius 1 is 1.68 bits per heavy atom. The molecule has 2 rings (SSSR count). The molecular formula is C11H15N3O5. The van der Waals surface area contributed by atoms with Crippen molar-refractivity contribution in [3.05, 3.63) is 18.0 Å². The number of carbonyl (C=O) groups excluding carboxylic acids is 1. The van der Waals surface area contributed by atoms with E-state index >= 15 is 0 Å². The van der Waals surface area contributed by atoms with Crippen molar-refractivity contribution in [1.82, 2.24) is 15.4 Å². The van der Waals surface area contributed by atoms with Crippen molar-refractivity contribution in [2.45, 2.75) is 25.1 Å². The quantitative estimate of drug-likeness (QED) is 0.800. The molecular weight excluding hydrogens is 254 g/mol. The number of hydrogen-bond donors (Lipinski definition) is 2. The number of carbonyl (C=O) groups is 2. The molecule has 8 nitrogen and oxygen atoms in total. The molecule has 2 unspecified atom stereocenters. The zero-order chi connectivity index (χ0) is 13.8. The Morgan fingerprint density at radius 3 is 3.05 bits per heavy atom. The van der Waals surface area contributed by atoms with Crippen molar-refractivity contribution in [1.29, 1.82) is 0 Å². The van der Waals surface area contributed by atoms with Gasteiger partial charge in [-0.25, -0.2) is 9.59 Å². The number of nitrogens with one attached hydrogen (secondary N) is 1. The predicted octanol–water partition coefficient (Wildman–Crippen LogP) is 0.0581. The van der Waals surface area contributed by atoms with Crippen LogP contribution in [0.3, 0.4) is 0 Å². The number of carboxylic acids is 1. The van der Waals surface area contributed by atoms with E-state index in [-0.39, 0.29) is 19.2 Å². The summed E-state index contributed by atoms with van der Waals surface area (Å²) < 4.78 is 9.95. The lowest BCUT2D eigenvalue weighted by atomic mass is 10.2. The molecule has 1 saturated heterocycles. The van der Waals surface area contributed by atoms with Gasteiger partial charge >= 0.3 is 12.0 Å². The Morgan fingerprint density at radius 2 is 2.47 bits per heavy atom. The van der Waals surface area contributed by atoms with Gasteiger partial charge in [-0.1, -0.05) is 5.16 Å². The molecule has 0 aromatic carbocycles. The summed E-state index contributed by atoms with van der Waals surface area (Å²) >= 11 is 0. The third-order valence-corrected chi connectivity index (χ3v) is 3.05. The highest BCUT2D eigenvalue weighted by Crippen LogP contribution is 2.20. The minimum atomic E-state index is -1.03. The summed E-state index contributed by atoms with van der Waals surface area (Å²) in [6, 6.07) is 0.305. The molecule has 1 fully saturated rings. The molecule has 2 N–H and O–H groups in total. The van der Waals surface area contributed by atoms with Gasteiger partial charge in [0.25, 0.3) is 0 Å². The summed E-state index contributed by atoms with van der Waals surface area (Å²) in [6.07, 6.45) is 1.51. The maximum atomic E-state index is 12.0. The van der Waals surface area contributed by atoms with Crippen molar-refractivity contribution in [2.75, 3.05) is 13.7 Å². The van der Waals surface area contributed by atoms with Crippen LogP contribution in [-0.2, 0) is 16.1 Å². The van der Waals surface area contributed by atoms with Crippen molar-refractivity contribution in [3.8, 4) is 0 Å². The van der Waals surface area contributed by atoms with Crippen LogP contribution < -0.4 is 5.32 Å². The minimum Gasteiger partial charge on any atom is -0.480 e. The first-order chi connectivity index (χ1) is 9.11. The third kappa shape index (κ3) is 3.02. The maximum absolute atomic E-state index is 12.0. The number of methoxy groups -OCH3 is 1. The summed E-state index contributed by atoms with van der Waals surface area (Å²) in [4.78, 5) is 24.3. The summed E-state index contributed by atoms with van der Waals surface area (Å²) in [7, 11) is 1.50. The Kier molecular flexibility index (Phi) is 4.00. The van der Waals surface area contributed by atoms with Gasteiger partial charge in [-0.05, 0) is 0 Å². The molecule has 104 valence electrons. The number of hydrogen-bond acceptors (Lipinski definition) is 5. The number of rotatable bonds is 4. The molecule has 2 atom stereocenters. The number of aliphatic carboxylic acids is 1. The standard InChI is InChI=1S/C11H15N3O5/c1-18-8-4-9(10(15)16)14(6-8)11(17)12-5-7-2-3-13-19-7/h2-3,8-9H,4-6H2,1H3,(H,12,17)(H,15,16). The Hall–Kier alpha value is -2.09. The second-order valence-corrected chi connectivity index (χ2v) is 4.24. The molecule has 8 heteroatoms. The predicted molar refractivity (Wildman–Crippen MR) is 62.3 cm³/mol. The van der Waals surface area contributed by atoms with Gasteiger partial charge in [-0.2, -0.15) is 0 Å². The van der Waals surface area contributed by atoms with Crippen LogP contribution in [0, 0.1) is 0 Å². The van der Waals surface area contributed by atoms with E-state index in [2.05, 4.69) is 10.5 Å². The van der Waals surface area contributed by atoms with Gasteiger partial charge < -0.3 is 24.6 Å². The SMILES string of the molecule is COC1CC(C(=O)O)N(C(=O)NCc2ccno2)C1. The van der Waals surface area contributed by atoms with Crippen molar-refractivity contribution >= 4 is 12.0 Å². The fraction of sp³-hybridized carbons (Fsp3) is 0.545. The lowest BCUT2D eigenvalue weighted by Gasteiger charge is -2.21. The Labute approximate surface area is 109 Å². The molecule has 1 aliphatic rings. The maximum Gasteiger partial charge on any atom is 0.326 e. The van der Waals surface area contributed by atoms with E-state index in [1.807, 2.05) is 0 Å². The molecule has 1 aliphatic heterocycles. The van der Waals surface area contributed by atoms with E-state index in [0.29, 0.717) is 12.2 Å². The van der Waals surface area contributed by atoms with Crippen LogP contribution in [0.2, 0.25) is 0 Å².